The molecule has 0 fully saturated rings. The highest BCUT2D eigenvalue weighted by atomic mass is 32.2. The van der Waals surface area contributed by atoms with Gasteiger partial charge in [-0.05, 0) is 67.3 Å². The van der Waals surface area contributed by atoms with Gasteiger partial charge < -0.3 is 9.08 Å². The Morgan fingerprint density at radius 1 is 1.10 bits per heavy atom. The van der Waals surface area contributed by atoms with E-state index in [1.807, 2.05) is 25.3 Å². The van der Waals surface area contributed by atoms with E-state index < -0.39 is 15.9 Å². The van der Waals surface area contributed by atoms with Gasteiger partial charge in [0.2, 0.25) is 0 Å². The Labute approximate surface area is 173 Å². The average Bonchev–Trinajstić information content (AvgIpc) is 3.20. The van der Waals surface area contributed by atoms with E-state index >= 15 is 0 Å². The molecule has 0 atom stereocenters. The molecule has 0 saturated heterocycles. The summed E-state index contributed by atoms with van der Waals surface area (Å²) in [5, 5.41) is 1.85. The van der Waals surface area contributed by atoms with Gasteiger partial charge in [-0.3, -0.25) is 4.79 Å². The molecule has 1 aromatic heterocycles. The van der Waals surface area contributed by atoms with Crippen LogP contribution in [0.25, 0.3) is 0 Å². The van der Waals surface area contributed by atoms with Gasteiger partial charge in [0.15, 0.2) is 0 Å². The Morgan fingerprint density at radius 3 is 2.45 bits per heavy atom. The van der Waals surface area contributed by atoms with Crippen molar-refractivity contribution in [1.29, 1.82) is 0 Å². The average molecular weight is 434 g/mol. The van der Waals surface area contributed by atoms with Crippen LogP contribution >= 0.6 is 11.3 Å². The van der Waals surface area contributed by atoms with E-state index in [1.54, 1.807) is 29.2 Å². The second-order valence-electron chi connectivity index (χ2n) is 6.64. The number of hydrogen-bond acceptors (Lipinski definition) is 5. The molecule has 3 rings (SSSR count). The quantitative estimate of drug-likeness (QED) is 0.507. The smallest absolute Gasteiger partial charge is 0.339 e. The number of thiophene rings is 1. The number of rotatable bonds is 7. The molecule has 0 aliphatic carbocycles. The first-order valence-corrected chi connectivity index (χ1v) is 11.2. The predicted octanol–water partition coefficient (Wildman–Crippen LogP) is 4.71. The Balaban J connectivity index is 1.79. The summed E-state index contributed by atoms with van der Waals surface area (Å²) in [4.78, 5) is 15.0. The molecule has 0 bridgehead atoms. The second-order valence-corrected chi connectivity index (χ2v) is 9.14. The number of nitrogens with zero attached hydrogens (tertiary/aromatic N) is 1. The van der Waals surface area contributed by atoms with Crippen molar-refractivity contribution in [3.63, 3.8) is 0 Å². The number of hydrogen-bond donors (Lipinski definition) is 0. The van der Waals surface area contributed by atoms with E-state index in [1.165, 1.54) is 17.4 Å². The minimum absolute atomic E-state index is 0.0443. The lowest BCUT2D eigenvalue weighted by atomic mass is 10.1. The van der Waals surface area contributed by atoms with Gasteiger partial charge in [0.05, 0.1) is 4.88 Å². The van der Waals surface area contributed by atoms with Crippen molar-refractivity contribution in [2.24, 2.45) is 0 Å². The molecule has 0 unspecified atom stereocenters. The lowest BCUT2D eigenvalue weighted by molar-refractivity contribution is 0.0695. The molecule has 0 N–H and O–H groups in total. The topological polar surface area (TPSA) is 63.7 Å². The van der Waals surface area contributed by atoms with Crippen molar-refractivity contribution in [1.82, 2.24) is 4.90 Å². The summed E-state index contributed by atoms with van der Waals surface area (Å²) in [6, 6.07) is 14.5. The summed E-state index contributed by atoms with van der Waals surface area (Å²) in [5.41, 5.74) is 0.732. The zero-order chi connectivity index (χ0) is 21.0. The fraction of sp³-hybridized carbons (Fsp3) is 0.190. The molecular formula is C21H20FNO4S2. The third-order valence-electron chi connectivity index (χ3n) is 4.18. The van der Waals surface area contributed by atoms with Crippen molar-refractivity contribution in [2.75, 3.05) is 0 Å². The third kappa shape index (κ3) is 5.21. The summed E-state index contributed by atoms with van der Waals surface area (Å²) in [6.45, 7) is 4.15. The Bertz CT molecular complexity index is 1080. The number of amides is 1. The van der Waals surface area contributed by atoms with Crippen LogP contribution < -0.4 is 4.18 Å². The van der Waals surface area contributed by atoms with Crippen molar-refractivity contribution in [2.45, 2.75) is 31.3 Å². The molecule has 1 amide bonds. The van der Waals surface area contributed by atoms with E-state index in [9.17, 15) is 17.6 Å². The Kier molecular flexibility index (Phi) is 6.34. The third-order valence-corrected chi connectivity index (χ3v) is 6.30. The fourth-order valence-corrected chi connectivity index (χ4v) is 4.30. The summed E-state index contributed by atoms with van der Waals surface area (Å²) in [6.07, 6.45) is 0. The van der Waals surface area contributed by atoms with Crippen LogP contribution in [-0.2, 0) is 16.7 Å². The van der Waals surface area contributed by atoms with Gasteiger partial charge in [0.1, 0.15) is 16.5 Å². The predicted molar refractivity (Wildman–Crippen MR) is 110 cm³/mol. The highest BCUT2D eigenvalue weighted by Crippen LogP contribution is 2.22. The molecule has 1 heterocycles. The summed E-state index contributed by atoms with van der Waals surface area (Å²) in [5.74, 6) is -0.491. The van der Waals surface area contributed by atoms with Crippen LogP contribution in [0.1, 0.15) is 29.1 Å². The number of carbonyl (C=O) groups is 1. The lowest BCUT2D eigenvalue weighted by Crippen LogP contribution is -2.35. The zero-order valence-electron chi connectivity index (χ0n) is 15.9. The molecule has 0 aliphatic rings. The van der Waals surface area contributed by atoms with Crippen LogP contribution in [-0.4, -0.2) is 25.3 Å². The maximum Gasteiger partial charge on any atom is 0.339 e. The van der Waals surface area contributed by atoms with E-state index in [-0.39, 0.29) is 22.6 Å². The van der Waals surface area contributed by atoms with Crippen molar-refractivity contribution >= 4 is 27.4 Å². The molecule has 29 heavy (non-hydrogen) atoms. The van der Waals surface area contributed by atoms with Gasteiger partial charge in [-0.15, -0.1) is 11.3 Å². The monoisotopic (exact) mass is 433 g/mol. The van der Waals surface area contributed by atoms with Gasteiger partial charge in [0, 0.05) is 12.6 Å². The van der Waals surface area contributed by atoms with Crippen LogP contribution in [0, 0.1) is 5.82 Å². The molecule has 5 nitrogen and oxygen atoms in total. The maximum atomic E-state index is 13.0. The zero-order valence-corrected chi connectivity index (χ0v) is 17.5. The largest absolute Gasteiger partial charge is 0.379 e. The van der Waals surface area contributed by atoms with Crippen molar-refractivity contribution in [3.8, 4) is 5.75 Å². The highest BCUT2D eigenvalue weighted by Gasteiger charge is 2.21. The molecule has 3 aromatic rings. The first-order valence-electron chi connectivity index (χ1n) is 8.90. The highest BCUT2D eigenvalue weighted by molar-refractivity contribution is 7.87. The molecule has 0 aliphatic heterocycles. The molecule has 0 saturated carbocycles. The van der Waals surface area contributed by atoms with Crippen LogP contribution in [0.2, 0.25) is 0 Å². The lowest BCUT2D eigenvalue weighted by Gasteiger charge is -2.26. The van der Waals surface area contributed by atoms with E-state index in [2.05, 4.69) is 0 Å². The van der Waals surface area contributed by atoms with E-state index in [0.29, 0.717) is 11.4 Å². The normalized spacial score (nSPS) is 11.4. The van der Waals surface area contributed by atoms with Crippen LogP contribution in [0.15, 0.2) is 70.9 Å². The van der Waals surface area contributed by atoms with Gasteiger partial charge >= 0.3 is 10.1 Å². The summed E-state index contributed by atoms with van der Waals surface area (Å²) < 4.78 is 43.1. The summed E-state index contributed by atoms with van der Waals surface area (Å²) in [7, 11) is -4.09. The standard InChI is InChI=1S/C21H20FNO4S2/c1-15(2)23(21(24)20-7-4-12-28-20)14-16-5-3-6-18(13-16)27-29(25,26)19-10-8-17(22)9-11-19/h3-13,15H,14H2,1-2H3. The van der Waals surface area contributed by atoms with Crippen molar-refractivity contribution < 1.29 is 21.8 Å². The van der Waals surface area contributed by atoms with Gasteiger partial charge in [0.25, 0.3) is 5.91 Å². The number of halogens is 1. The molecule has 8 heteroatoms. The minimum Gasteiger partial charge on any atom is -0.379 e. The minimum atomic E-state index is -4.09. The molecule has 152 valence electrons. The number of carbonyl (C=O) groups excluding carboxylic acids is 1. The van der Waals surface area contributed by atoms with Crippen LogP contribution in [0.3, 0.4) is 0 Å². The van der Waals surface area contributed by atoms with Crippen LogP contribution in [0.4, 0.5) is 4.39 Å². The Morgan fingerprint density at radius 2 is 1.83 bits per heavy atom. The van der Waals surface area contributed by atoms with Crippen molar-refractivity contribution in [3.05, 3.63) is 82.3 Å². The van der Waals surface area contributed by atoms with E-state index in [4.69, 9.17) is 4.18 Å². The SMILES string of the molecule is CC(C)N(Cc1cccc(OS(=O)(=O)c2ccc(F)cc2)c1)C(=O)c1cccs1. The first kappa shape index (κ1) is 21.0. The molecule has 0 spiro atoms. The van der Waals surface area contributed by atoms with Crippen LogP contribution in [0.5, 0.6) is 5.75 Å². The Hall–Kier alpha value is -2.71. The molecule has 2 aromatic carbocycles. The fourth-order valence-electron chi connectivity index (χ4n) is 2.70. The number of benzene rings is 2. The molecular weight excluding hydrogens is 413 g/mol. The summed E-state index contributed by atoms with van der Waals surface area (Å²) >= 11 is 1.38. The maximum absolute atomic E-state index is 13.0. The van der Waals surface area contributed by atoms with Gasteiger partial charge in [-0.25, -0.2) is 4.39 Å². The van der Waals surface area contributed by atoms with Gasteiger partial charge in [-0.2, -0.15) is 8.42 Å². The first-order chi connectivity index (χ1) is 13.8. The molecule has 0 radical (unpaired) electrons. The van der Waals surface area contributed by atoms with E-state index in [0.717, 1.165) is 29.8 Å². The van der Waals surface area contributed by atoms with Gasteiger partial charge in [-0.1, -0.05) is 18.2 Å². The second kappa shape index (κ2) is 8.75.